The van der Waals surface area contributed by atoms with Crippen molar-refractivity contribution in [3.8, 4) is 5.75 Å². The van der Waals surface area contributed by atoms with Gasteiger partial charge in [0.2, 0.25) is 0 Å². The van der Waals surface area contributed by atoms with Crippen LogP contribution in [0, 0.1) is 0 Å². The topological polar surface area (TPSA) is 51.2 Å². The summed E-state index contributed by atoms with van der Waals surface area (Å²) >= 11 is 9.14. The van der Waals surface area contributed by atoms with E-state index in [0.717, 1.165) is 15.8 Å². The van der Waals surface area contributed by atoms with E-state index in [9.17, 15) is 4.79 Å². The van der Waals surface area contributed by atoms with Gasteiger partial charge in [0.25, 0.3) is 5.91 Å². The number of nitrogens with zero attached hydrogens (tertiary/aromatic N) is 1. The average molecular weight is 370 g/mol. The number of benzene rings is 1. The Morgan fingerprint density at radius 1 is 1.38 bits per heavy atom. The maximum absolute atomic E-state index is 12.1. The number of pyridine rings is 1. The maximum Gasteiger partial charge on any atom is 0.253 e. The molecule has 1 aromatic carbocycles. The van der Waals surface area contributed by atoms with Crippen LogP contribution in [-0.2, 0) is 0 Å². The summed E-state index contributed by atoms with van der Waals surface area (Å²) in [5.41, 5.74) is 1.44. The van der Waals surface area contributed by atoms with Gasteiger partial charge in [-0.25, -0.2) is 4.98 Å². The number of carbonyl (C=O) groups is 1. The molecule has 110 valence electrons. The average Bonchev–Trinajstić information content (AvgIpc) is 2.47. The summed E-state index contributed by atoms with van der Waals surface area (Å²) in [5, 5.41) is 3.27. The summed E-state index contributed by atoms with van der Waals surface area (Å²) < 4.78 is 6.03. The SMILES string of the molecule is COc1ccc(C(C)NC(=O)c2ccc(Cl)nc2)cc1Br. The first-order valence-corrected chi connectivity index (χ1v) is 7.44. The fourth-order valence-electron chi connectivity index (χ4n) is 1.83. The minimum atomic E-state index is -0.196. The van der Waals surface area contributed by atoms with Gasteiger partial charge in [-0.2, -0.15) is 0 Å². The summed E-state index contributed by atoms with van der Waals surface area (Å²) in [6, 6.07) is 8.77. The summed E-state index contributed by atoms with van der Waals surface area (Å²) in [7, 11) is 1.61. The molecule has 0 bridgehead atoms. The smallest absolute Gasteiger partial charge is 0.253 e. The van der Waals surface area contributed by atoms with Gasteiger partial charge < -0.3 is 10.1 Å². The molecule has 1 atom stereocenters. The monoisotopic (exact) mass is 368 g/mol. The summed E-state index contributed by atoms with van der Waals surface area (Å²) in [6.07, 6.45) is 1.45. The van der Waals surface area contributed by atoms with Crippen LogP contribution < -0.4 is 10.1 Å². The largest absolute Gasteiger partial charge is 0.496 e. The van der Waals surface area contributed by atoms with Crippen molar-refractivity contribution in [2.24, 2.45) is 0 Å². The van der Waals surface area contributed by atoms with Crippen LogP contribution in [0.15, 0.2) is 41.0 Å². The predicted octanol–water partition coefficient (Wildman–Crippen LogP) is 4.00. The maximum atomic E-state index is 12.1. The molecule has 2 aromatic rings. The van der Waals surface area contributed by atoms with Crippen molar-refractivity contribution in [2.75, 3.05) is 7.11 Å². The number of methoxy groups -OCH3 is 1. The molecule has 4 nitrogen and oxygen atoms in total. The lowest BCUT2D eigenvalue weighted by Gasteiger charge is -2.15. The van der Waals surface area contributed by atoms with Crippen LogP contribution in [0.4, 0.5) is 0 Å². The Labute approximate surface area is 136 Å². The molecule has 0 aliphatic carbocycles. The Kier molecular flexibility index (Phi) is 5.20. The van der Waals surface area contributed by atoms with Gasteiger partial charge in [0.1, 0.15) is 10.9 Å². The minimum Gasteiger partial charge on any atom is -0.496 e. The molecular formula is C15H14BrClN2O2. The lowest BCUT2D eigenvalue weighted by Crippen LogP contribution is -2.26. The van der Waals surface area contributed by atoms with Gasteiger partial charge >= 0.3 is 0 Å². The Bertz CT molecular complexity index is 647. The lowest BCUT2D eigenvalue weighted by atomic mass is 10.1. The van der Waals surface area contributed by atoms with Gasteiger partial charge in [-0.05, 0) is 52.7 Å². The molecule has 0 saturated carbocycles. The standard InChI is InChI=1S/C15H14BrClN2O2/c1-9(10-3-5-13(21-2)12(16)7-10)19-15(20)11-4-6-14(17)18-8-11/h3-9H,1-2H3,(H,19,20). The highest BCUT2D eigenvalue weighted by atomic mass is 79.9. The molecule has 1 N–H and O–H groups in total. The van der Waals surface area contributed by atoms with Crippen LogP contribution in [0.1, 0.15) is 28.9 Å². The number of amides is 1. The fourth-order valence-corrected chi connectivity index (χ4v) is 2.50. The highest BCUT2D eigenvalue weighted by molar-refractivity contribution is 9.10. The molecule has 0 aliphatic rings. The third-order valence-corrected chi connectivity index (χ3v) is 3.86. The molecule has 1 unspecified atom stereocenters. The third-order valence-electron chi connectivity index (χ3n) is 3.01. The van der Waals surface area contributed by atoms with Crippen molar-refractivity contribution < 1.29 is 9.53 Å². The van der Waals surface area contributed by atoms with Crippen molar-refractivity contribution in [1.82, 2.24) is 10.3 Å². The van der Waals surface area contributed by atoms with E-state index in [1.165, 1.54) is 6.20 Å². The van der Waals surface area contributed by atoms with E-state index in [1.54, 1.807) is 19.2 Å². The number of halogens is 2. The highest BCUT2D eigenvalue weighted by Crippen LogP contribution is 2.28. The Morgan fingerprint density at radius 3 is 2.71 bits per heavy atom. The van der Waals surface area contributed by atoms with Crippen LogP contribution in [0.5, 0.6) is 5.75 Å². The molecule has 0 saturated heterocycles. The van der Waals surface area contributed by atoms with E-state index in [0.29, 0.717) is 10.7 Å². The molecule has 1 heterocycles. The van der Waals surface area contributed by atoms with E-state index in [-0.39, 0.29) is 11.9 Å². The fraction of sp³-hybridized carbons (Fsp3) is 0.200. The Hall–Kier alpha value is -1.59. The second kappa shape index (κ2) is 6.91. The zero-order valence-electron chi connectivity index (χ0n) is 11.6. The van der Waals surface area contributed by atoms with Gasteiger partial charge in [0.05, 0.1) is 23.2 Å². The van der Waals surface area contributed by atoms with Crippen LogP contribution in [0.2, 0.25) is 5.15 Å². The Balaban J connectivity index is 2.10. The van der Waals surface area contributed by atoms with E-state index < -0.39 is 0 Å². The van der Waals surface area contributed by atoms with Crippen molar-refractivity contribution >= 4 is 33.4 Å². The predicted molar refractivity (Wildman–Crippen MR) is 85.8 cm³/mol. The van der Waals surface area contributed by atoms with Crippen molar-refractivity contribution in [3.63, 3.8) is 0 Å². The first kappa shape index (κ1) is 15.8. The van der Waals surface area contributed by atoms with Crippen molar-refractivity contribution in [3.05, 3.63) is 57.3 Å². The minimum absolute atomic E-state index is 0.143. The zero-order chi connectivity index (χ0) is 15.4. The summed E-state index contributed by atoms with van der Waals surface area (Å²) in [4.78, 5) is 16.0. The number of aromatic nitrogens is 1. The van der Waals surface area contributed by atoms with E-state index >= 15 is 0 Å². The molecule has 0 fully saturated rings. The third kappa shape index (κ3) is 3.95. The second-order valence-electron chi connectivity index (χ2n) is 4.46. The van der Waals surface area contributed by atoms with Crippen LogP contribution >= 0.6 is 27.5 Å². The number of ether oxygens (including phenoxy) is 1. The normalized spacial score (nSPS) is 11.8. The lowest BCUT2D eigenvalue weighted by molar-refractivity contribution is 0.0939. The molecule has 1 amide bonds. The number of carbonyl (C=O) groups excluding carboxylic acids is 1. The second-order valence-corrected chi connectivity index (χ2v) is 5.70. The molecule has 21 heavy (non-hydrogen) atoms. The van der Waals surface area contributed by atoms with E-state index in [4.69, 9.17) is 16.3 Å². The molecule has 6 heteroatoms. The molecule has 2 rings (SSSR count). The molecule has 0 spiro atoms. The van der Waals surface area contributed by atoms with E-state index in [2.05, 4.69) is 26.2 Å². The summed E-state index contributed by atoms with van der Waals surface area (Å²) in [6.45, 7) is 1.91. The van der Waals surface area contributed by atoms with Crippen LogP contribution in [0.25, 0.3) is 0 Å². The Morgan fingerprint density at radius 2 is 2.14 bits per heavy atom. The van der Waals surface area contributed by atoms with Gasteiger partial charge in [-0.1, -0.05) is 17.7 Å². The number of hydrogen-bond donors (Lipinski definition) is 1. The van der Waals surface area contributed by atoms with Gasteiger partial charge in [-0.3, -0.25) is 4.79 Å². The number of rotatable bonds is 4. The summed E-state index contributed by atoms with van der Waals surface area (Å²) in [5.74, 6) is 0.554. The van der Waals surface area contributed by atoms with E-state index in [1.807, 2.05) is 25.1 Å². The molecular weight excluding hydrogens is 356 g/mol. The number of hydrogen-bond acceptors (Lipinski definition) is 3. The first-order valence-electron chi connectivity index (χ1n) is 6.27. The van der Waals surface area contributed by atoms with Gasteiger partial charge in [0.15, 0.2) is 0 Å². The van der Waals surface area contributed by atoms with Gasteiger partial charge in [-0.15, -0.1) is 0 Å². The molecule has 1 aromatic heterocycles. The van der Waals surface area contributed by atoms with Crippen molar-refractivity contribution in [2.45, 2.75) is 13.0 Å². The first-order chi connectivity index (χ1) is 10.0. The molecule has 0 radical (unpaired) electrons. The molecule has 0 aliphatic heterocycles. The van der Waals surface area contributed by atoms with Crippen molar-refractivity contribution in [1.29, 1.82) is 0 Å². The highest BCUT2D eigenvalue weighted by Gasteiger charge is 2.13. The van der Waals surface area contributed by atoms with Gasteiger partial charge in [0, 0.05) is 6.20 Å². The quantitative estimate of drug-likeness (QED) is 0.829. The number of nitrogens with one attached hydrogen (secondary N) is 1. The van der Waals surface area contributed by atoms with Crippen LogP contribution in [-0.4, -0.2) is 18.0 Å². The van der Waals surface area contributed by atoms with Crippen LogP contribution in [0.3, 0.4) is 0 Å². The zero-order valence-corrected chi connectivity index (χ0v) is 13.9.